The fourth-order valence-corrected chi connectivity index (χ4v) is 3.29. The van der Waals surface area contributed by atoms with Crippen molar-refractivity contribution in [3.8, 4) is 0 Å². The zero-order chi connectivity index (χ0) is 17.5. The Morgan fingerprint density at radius 1 is 1.04 bits per heavy atom. The van der Waals surface area contributed by atoms with Gasteiger partial charge in [-0.3, -0.25) is 20.2 Å². The van der Waals surface area contributed by atoms with Gasteiger partial charge < -0.3 is 4.90 Å². The average molecular weight is 327 g/mol. The molecule has 0 atom stereocenters. The number of hydrogen-bond acceptors (Lipinski definition) is 5. The summed E-state index contributed by atoms with van der Waals surface area (Å²) < 4.78 is 0. The van der Waals surface area contributed by atoms with Crippen LogP contribution >= 0.6 is 0 Å². The summed E-state index contributed by atoms with van der Waals surface area (Å²) in [5.74, 6) is 0. The monoisotopic (exact) mass is 327 g/mol. The molecule has 1 aliphatic heterocycles. The summed E-state index contributed by atoms with van der Waals surface area (Å²) in [6.07, 6.45) is 0. The summed E-state index contributed by atoms with van der Waals surface area (Å²) in [7, 11) is 0. The second-order valence-electron chi connectivity index (χ2n) is 6.63. The third-order valence-corrected chi connectivity index (χ3v) is 4.32. The average Bonchev–Trinajstić information content (AvgIpc) is 2.78. The number of fused-ring (bicyclic) bond motifs is 1. The number of nitro benzene ring substituents is 2. The molecule has 0 saturated carbocycles. The number of hydrogen-bond donors (Lipinski definition) is 0. The summed E-state index contributed by atoms with van der Waals surface area (Å²) in [5, 5.41) is 22.1. The highest BCUT2D eigenvalue weighted by molar-refractivity contribution is 5.62. The van der Waals surface area contributed by atoms with Gasteiger partial charge in [-0.25, -0.2) is 0 Å². The van der Waals surface area contributed by atoms with Crippen LogP contribution in [0.5, 0.6) is 0 Å². The summed E-state index contributed by atoms with van der Waals surface area (Å²) in [5.41, 5.74) is 2.28. The van der Waals surface area contributed by atoms with Gasteiger partial charge in [-0.05, 0) is 17.2 Å². The van der Waals surface area contributed by atoms with E-state index in [1.807, 2.05) is 18.2 Å². The zero-order valence-corrected chi connectivity index (χ0v) is 13.4. The molecule has 7 nitrogen and oxygen atoms in total. The molecule has 2 aromatic rings. The maximum Gasteiger partial charge on any atom is 0.276 e. The van der Waals surface area contributed by atoms with Crippen molar-refractivity contribution >= 4 is 17.1 Å². The molecule has 124 valence electrons. The highest BCUT2D eigenvalue weighted by Crippen LogP contribution is 2.41. The second-order valence-corrected chi connectivity index (χ2v) is 6.63. The molecule has 0 unspecified atom stereocenters. The standard InChI is InChI=1S/C17H17N3O4/c1-17(2)11-18(16-6-4-3-5-15(16)17)10-12-7-13(19(21)22)9-14(8-12)20(23)24/h3-9H,10-11H2,1-2H3. The minimum absolute atomic E-state index is 0.0385. The van der Waals surface area contributed by atoms with E-state index in [1.54, 1.807) is 0 Å². The van der Waals surface area contributed by atoms with E-state index < -0.39 is 9.85 Å². The van der Waals surface area contributed by atoms with Crippen LogP contribution in [0.4, 0.5) is 17.1 Å². The number of para-hydroxylation sites is 1. The number of benzene rings is 2. The van der Waals surface area contributed by atoms with E-state index in [-0.39, 0.29) is 16.8 Å². The SMILES string of the molecule is CC1(C)CN(Cc2cc([N+](=O)[O-])cc([N+](=O)[O-])c2)c2ccccc21. The van der Waals surface area contributed by atoms with Crippen molar-refractivity contribution in [2.75, 3.05) is 11.4 Å². The van der Waals surface area contributed by atoms with Crippen molar-refractivity contribution in [1.29, 1.82) is 0 Å². The van der Waals surface area contributed by atoms with Gasteiger partial charge in [-0.1, -0.05) is 32.0 Å². The van der Waals surface area contributed by atoms with E-state index in [9.17, 15) is 20.2 Å². The third-order valence-electron chi connectivity index (χ3n) is 4.32. The van der Waals surface area contributed by atoms with Crippen LogP contribution in [0.2, 0.25) is 0 Å². The highest BCUT2D eigenvalue weighted by Gasteiger charge is 2.34. The molecule has 24 heavy (non-hydrogen) atoms. The second kappa shape index (κ2) is 5.59. The number of rotatable bonds is 4. The first-order valence-electron chi connectivity index (χ1n) is 7.55. The molecule has 0 radical (unpaired) electrons. The summed E-state index contributed by atoms with van der Waals surface area (Å²) in [4.78, 5) is 23.0. The first-order valence-corrected chi connectivity index (χ1v) is 7.55. The Hall–Kier alpha value is -2.96. The molecular formula is C17H17N3O4. The Morgan fingerprint density at radius 2 is 1.62 bits per heavy atom. The smallest absolute Gasteiger partial charge is 0.276 e. The Kier molecular flexibility index (Phi) is 3.71. The molecule has 0 fully saturated rings. The maximum absolute atomic E-state index is 11.0. The van der Waals surface area contributed by atoms with Crippen molar-refractivity contribution in [2.45, 2.75) is 25.8 Å². The normalized spacial score (nSPS) is 15.2. The van der Waals surface area contributed by atoms with Gasteiger partial charge >= 0.3 is 0 Å². The fraction of sp³-hybridized carbons (Fsp3) is 0.294. The molecule has 0 aliphatic carbocycles. The lowest BCUT2D eigenvalue weighted by molar-refractivity contribution is -0.394. The van der Waals surface area contributed by atoms with Crippen LogP contribution in [0.1, 0.15) is 25.0 Å². The van der Waals surface area contributed by atoms with Gasteiger partial charge in [-0.15, -0.1) is 0 Å². The summed E-state index contributed by atoms with van der Waals surface area (Å²) in [6, 6.07) is 11.8. The van der Waals surface area contributed by atoms with Crippen LogP contribution < -0.4 is 4.90 Å². The number of anilines is 1. The van der Waals surface area contributed by atoms with Gasteiger partial charge in [0.2, 0.25) is 0 Å². The van der Waals surface area contributed by atoms with Crippen molar-refractivity contribution < 1.29 is 9.85 Å². The van der Waals surface area contributed by atoms with Gasteiger partial charge in [0.15, 0.2) is 0 Å². The van der Waals surface area contributed by atoms with Gasteiger partial charge in [0.25, 0.3) is 11.4 Å². The van der Waals surface area contributed by atoms with Crippen LogP contribution in [0.3, 0.4) is 0 Å². The van der Waals surface area contributed by atoms with E-state index in [2.05, 4.69) is 24.8 Å². The molecule has 3 rings (SSSR count). The Morgan fingerprint density at radius 3 is 2.21 bits per heavy atom. The molecule has 0 aromatic heterocycles. The zero-order valence-electron chi connectivity index (χ0n) is 13.4. The van der Waals surface area contributed by atoms with Crippen LogP contribution in [0.15, 0.2) is 42.5 Å². The molecule has 0 saturated heterocycles. The van der Waals surface area contributed by atoms with Crippen molar-refractivity contribution in [3.05, 3.63) is 73.8 Å². The lowest BCUT2D eigenvalue weighted by Crippen LogP contribution is -2.28. The van der Waals surface area contributed by atoms with Gasteiger partial charge in [-0.2, -0.15) is 0 Å². The lowest BCUT2D eigenvalue weighted by atomic mass is 9.87. The van der Waals surface area contributed by atoms with Gasteiger partial charge in [0, 0.05) is 36.3 Å². The van der Waals surface area contributed by atoms with E-state index >= 15 is 0 Å². The van der Waals surface area contributed by atoms with E-state index in [0.717, 1.165) is 18.3 Å². The van der Waals surface area contributed by atoms with Crippen LogP contribution in [0, 0.1) is 20.2 Å². The van der Waals surface area contributed by atoms with Crippen molar-refractivity contribution in [2.24, 2.45) is 0 Å². The van der Waals surface area contributed by atoms with Crippen molar-refractivity contribution in [1.82, 2.24) is 0 Å². The number of nitro groups is 2. The predicted molar refractivity (Wildman–Crippen MR) is 90.3 cm³/mol. The Bertz CT molecular complexity index is 800. The molecule has 0 bridgehead atoms. The fourth-order valence-electron chi connectivity index (χ4n) is 3.29. The van der Waals surface area contributed by atoms with E-state index in [0.29, 0.717) is 12.1 Å². The lowest BCUT2D eigenvalue weighted by Gasteiger charge is -2.22. The summed E-state index contributed by atoms with van der Waals surface area (Å²) >= 11 is 0. The molecule has 7 heteroatoms. The number of nitrogens with zero attached hydrogens (tertiary/aromatic N) is 3. The molecule has 1 aliphatic rings. The molecule has 1 heterocycles. The molecule has 0 N–H and O–H groups in total. The van der Waals surface area contributed by atoms with Gasteiger partial charge in [0.1, 0.15) is 0 Å². The molecule has 0 spiro atoms. The first-order chi connectivity index (χ1) is 11.3. The highest BCUT2D eigenvalue weighted by atomic mass is 16.6. The van der Waals surface area contributed by atoms with Crippen LogP contribution in [0.25, 0.3) is 0 Å². The van der Waals surface area contributed by atoms with E-state index in [1.165, 1.54) is 17.7 Å². The molecule has 0 amide bonds. The Balaban J connectivity index is 1.98. The maximum atomic E-state index is 11.0. The quantitative estimate of drug-likeness (QED) is 0.629. The largest absolute Gasteiger partial charge is 0.366 e. The Labute approximate surface area is 138 Å². The first kappa shape index (κ1) is 15.9. The third kappa shape index (κ3) is 2.80. The minimum atomic E-state index is -0.599. The molecule has 2 aromatic carbocycles. The topological polar surface area (TPSA) is 89.5 Å². The minimum Gasteiger partial charge on any atom is -0.366 e. The van der Waals surface area contributed by atoms with E-state index in [4.69, 9.17) is 0 Å². The number of non-ortho nitro benzene ring substituents is 2. The predicted octanol–water partition coefficient (Wildman–Crippen LogP) is 3.80. The van der Waals surface area contributed by atoms with Crippen LogP contribution in [-0.4, -0.2) is 16.4 Å². The van der Waals surface area contributed by atoms with Crippen molar-refractivity contribution in [3.63, 3.8) is 0 Å². The molecular weight excluding hydrogens is 310 g/mol. The van der Waals surface area contributed by atoms with Crippen LogP contribution in [-0.2, 0) is 12.0 Å². The summed E-state index contributed by atoms with van der Waals surface area (Å²) in [6.45, 7) is 5.43. The van der Waals surface area contributed by atoms with Gasteiger partial charge in [0.05, 0.1) is 15.9 Å².